The van der Waals surface area contributed by atoms with E-state index < -0.39 is 9.84 Å². The van der Waals surface area contributed by atoms with Crippen molar-refractivity contribution in [2.75, 3.05) is 36.4 Å². The lowest BCUT2D eigenvalue weighted by Crippen LogP contribution is -2.22. The van der Waals surface area contributed by atoms with Crippen molar-refractivity contribution in [3.63, 3.8) is 0 Å². The first kappa shape index (κ1) is 18.2. The molecule has 0 spiro atoms. The van der Waals surface area contributed by atoms with Crippen molar-refractivity contribution >= 4 is 21.6 Å². The zero-order valence-electron chi connectivity index (χ0n) is 14.7. The highest BCUT2D eigenvalue weighted by molar-refractivity contribution is 7.91. The van der Waals surface area contributed by atoms with Gasteiger partial charge in [-0.15, -0.1) is 0 Å². The van der Waals surface area contributed by atoms with Crippen LogP contribution >= 0.6 is 0 Å². The van der Waals surface area contributed by atoms with Crippen molar-refractivity contribution in [3.05, 3.63) is 36.0 Å². The highest BCUT2D eigenvalue weighted by atomic mass is 32.2. The van der Waals surface area contributed by atoms with Crippen molar-refractivity contribution in [2.45, 2.75) is 19.0 Å². The molecule has 1 atom stereocenters. The lowest BCUT2D eigenvalue weighted by atomic mass is 10.2. The number of aromatic nitrogens is 2. The number of sulfone groups is 1. The molecule has 0 amide bonds. The largest absolute Gasteiger partial charge is 0.493 e. The van der Waals surface area contributed by atoms with E-state index in [1.54, 1.807) is 26.5 Å². The van der Waals surface area contributed by atoms with Gasteiger partial charge in [0.05, 0.1) is 25.7 Å². The summed E-state index contributed by atoms with van der Waals surface area (Å²) >= 11 is 0. The second-order valence-electron chi connectivity index (χ2n) is 6.05. The Bertz CT molecular complexity index is 873. The first-order chi connectivity index (χ1) is 12.5. The minimum atomic E-state index is -2.94. The Morgan fingerprint density at radius 3 is 2.69 bits per heavy atom. The van der Waals surface area contributed by atoms with Crippen LogP contribution in [0.15, 0.2) is 30.5 Å². The van der Waals surface area contributed by atoms with Gasteiger partial charge in [-0.25, -0.2) is 13.4 Å². The summed E-state index contributed by atoms with van der Waals surface area (Å²) in [6, 6.07) is 7.31. The Morgan fingerprint density at radius 1 is 1.19 bits per heavy atom. The molecular weight excluding hydrogens is 356 g/mol. The summed E-state index contributed by atoms with van der Waals surface area (Å²) < 4.78 is 33.6. The van der Waals surface area contributed by atoms with Gasteiger partial charge in [0.1, 0.15) is 5.82 Å². The number of methoxy groups -OCH3 is 2. The van der Waals surface area contributed by atoms with Crippen molar-refractivity contribution in [1.82, 2.24) is 9.97 Å². The predicted octanol–water partition coefficient (Wildman–Crippen LogP) is 1.70. The minimum absolute atomic E-state index is 0.125. The van der Waals surface area contributed by atoms with E-state index in [-0.39, 0.29) is 17.5 Å². The maximum absolute atomic E-state index is 11.5. The van der Waals surface area contributed by atoms with Gasteiger partial charge in [0.25, 0.3) is 0 Å². The Labute approximate surface area is 152 Å². The van der Waals surface area contributed by atoms with Crippen LogP contribution in [0.2, 0.25) is 0 Å². The summed E-state index contributed by atoms with van der Waals surface area (Å²) in [4.78, 5) is 8.55. The SMILES string of the molecule is COc1ccc(CNc2ccnc(NC3CCS(=O)(=O)C3)n2)cc1OC. The molecule has 140 valence electrons. The Morgan fingerprint density at radius 2 is 2.00 bits per heavy atom. The van der Waals surface area contributed by atoms with Gasteiger partial charge in [0.2, 0.25) is 5.95 Å². The molecule has 0 radical (unpaired) electrons. The number of rotatable bonds is 7. The minimum Gasteiger partial charge on any atom is -0.493 e. The molecule has 1 unspecified atom stereocenters. The molecule has 26 heavy (non-hydrogen) atoms. The first-order valence-corrected chi connectivity index (χ1v) is 10.1. The molecule has 0 saturated carbocycles. The van der Waals surface area contributed by atoms with Gasteiger partial charge in [-0.3, -0.25) is 0 Å². The molecule has 3 rings (SSSR count). The van der Waals surface area contributed by atoms with Gasteiger partial charge in [0.15, 0.2) is 21.3 Å². The fourth-order valence-corrected chi connectivity index (χ4v) is 4.47. The maximum atomic E-state index is 11.5. The van der Waals surface area contributed by atoms with Crippen LogP contribution in [-0.4, -0.2) is 50.2 Å². The highest BCUT2D eigenvalue weighted by Crippen LogP contribution is 2.27. The second-order valence-corrected chi connectivity index (χ2v) is 8.28. The molecule has 1 aliphatic rings. The molecule has 1 fully saturated rings. The lowest BCUT2D eigenvalue weighted by Gasteiger charge is -2.13. The van der Waals surface area contributed by atoms with Gasteiger partial charge in [0, 0.05) is 18.8 Å². The van der Waals surface area contributed by atoms with Gasteiger partial charge < -0.3 is 20.1 Å². The molecule has 1 saturated heterocycles. The number of nitrogens with zero attached hydrogens (tertiary/aromatic N) is 2. The fourth-order valence-electron chi connectivity index (χ4n) is 2.80. The van der Waals surface area contributed by atoms with E-state index in [1.807, 2.05) is 18.2 Å². The molecule has 2 heterocycles. The van der Waals surface area contributed by atoms with Gasteiger partial charge in [-0.1, -0.05) is 6.07 Å². The molecule has 9 heteroatoms. The fraction of sp³-hybridized carbons (Fsp3) is 0.412. The summed E-state index contributed by atoms with van der Waals surface area (Å²) in [5, 5.41) is 6.32. The molecule has 2 aromatic rings. The molecule has 0 bridgehead atoms. The topological polar surface area (TPSA) is 102 Å². The van der Waals surface area contributed by atoms with Crippen LogP contribution in [0.5, 0.6) is 11.5 Å². The third-order valence-electron chi connectivity index (χ3n) is 4.14. The van der Waals surface area contributed by atoms with Crippen LogP contribution < -0.4 is 20.1 Å². The van der Waals surface area contributed by atoms with E-state index in [2.05, 4.69) is 20.6 Å². The van der Waals surface area contributed by atoms with Gasteiger partial charge in [-0.2, -0.15) is 4.98 Å². The maximum Gasteiger partial charge on any atom is 0.224 e. The quantitative estimate of drug-likeness (QED) is 0.751. The van der Waals surface area contributed by atoms with Gasteiger partial charge in [-0.05, 0) is 30.2 Å². The number of hydrogen-bond acceptors (Lipinski definition) is 8. The average Bonchev–Trinajstić information content (AvgIpc) is 2.98. The molecule has 1 aromatic heterocycles. The highest BCUT2D eigenvalue weighted by Gasteiger charge is 2.28. The smallest absolute Gasteiger partial charge is 0.224 e. The Kier molecular flexibility index (Phi) is 5.46. The molecule has 0 aliphatic carbocycles. The van der Waals surface area contributed by atoms with Crippen LogP contribution in [0, 0.1) is 0 Å². The normalized spacial score (nSPS) is 18.3. The Balaban J connectivity index is 1.62. The van der Waals surface area contributed by atoms with Crippen LogP contribution in [0.4, 0.5) is 11.8 Å². The Hall–Kier alpha value is -2.55. The third-order valence-corrected chi connectivity index (χ3v) is 5.91. The third kappa shape index (κ3) is 4.54. The zero-order chi connectivity index (χ0) is 18.6. The van der Waals surface area contributed by atoms with Crippen molar-refractivity contribution in [1.29, 1.82) is 0 Å². The second kappa shape index (κ2) is 7.77. The molecule has 8 nitrogen and oxygen atoms in total. The predicted molar refractivity (Wildman–Crippen MR) is 99.6 cm³/mol. The van der Waals surface area contributed by atoms with Crippen LogP contribution in [-0.2, 0) is 16.4 Å². The van der Waals surface area contributed by atoms with Crippen molar-refractivity contribution < 1.29 is 17.9 Å². The van der Waals surface area contributed by atoms with E-state index in [0.29, 0.717) is 36.2 Å². The first-order valence-electron chi connectivity index (χ1n) is 8.24. The average molecular weight is 378 g/mol. The summed E-state index contributed by atoms with van der Waals surface area (Å²) in [5.41, 5.74) is 1.01. The van der Waals surface area contributed by atoms with E-state index in [9.17, 15) is 8.42 Å². The van der Waals surface area contributed by atoms with Crippen molar-refractivity contribution in [2.24, 2.45) is 0 Å². The molecule has 1 aromatic carbocycles. The monoisotopic (exact) mass is 378 g/mol. The van der Waals surface area contributed by atoms with E-state index in [4.69, 9.17) is 9.47 Å². The molecular formula is C17H22N4O4S. The molecule has 2 N–H and O–H groups in total. The summed E-state index contributed by atoms with van der Waals surface area (Å²) in [6.45, 7) is 0.550. The van der Waals surface area contributed by atoms with E-state index >= 15 is 0 Å². The number of benzene rings is 1. The number of hydrogen-bond donors (Lipinski definition) is 2. The van der Waals surface area contributed by atoms with Crippen LogP contribution in [0.25, 0.3) is 0 Å². The summed E-state index contributed by atoms with van der Waals surface area (Å²) in [6.07, 6.45) is 2.21. The summed E-state index contributed by atoms with van der Waals surface area (Å²) in [7, 11) is 0.256. The standard InChI is InChI=1S/C17H22N4O4S/c1-24-14-4-3-12(9-15(14)25-2)10-19-16-5-7-18-17(21-16)20-13-6-8-26(22,23)11-13/h3-5,7,9,13H,6,8,10-11H2,1-2H3,(H2,18,19,20,21). The van der Waals surface area contributed by atoms with Gasteiger partial charge >= 0.3 is 0 Å². The molecule has 1 aliphatic heterocycles. The van der Waals surface area contributed by atoms with E-state index in [1.165, 1.54) is 0 Å². The van der Waals surface area contributed by atoms with Crippen molar-refractivity contribution in [3.8, 4) is 11.5 Å². The number of ether oxygens (including phenoxy) is 2. The number of nitrogens with one attached hydrogen (secondary N) is 2. The summed E-state index contributed by atoms with van der Waals surface area (Å²) in [5.74, 6) is 2.75. The lowest BCUT2D eigenvalue weighted by molar-refractivity contribution is 0.354. The van der Waals surface area contributed by atoms with Crippen LogP contribution in [0.3, 0.4) is 0 Å². The van der Waals surface area contributed by atoms with E-state index in [0.717, 1.165) is 5.56 Å². The van der Waals surface area contributed by atoms with Crippen LogP contribution in [0.1, 0.15) is 12.0 Å². The zero-order valence-corrected chi connectivity index (χ0v) is 15.5. The number of anilines is 2.